The molecule has 3 N–H and O–H groups in total. The van der Waals surface area contributed by atoms with Crippen molar-refractivity contribution in [1.29, 1.82) is 0 Å². The van der Waals surface area contributed by atoms with Gasteiger partial charge in [-0.05, 0) is 6.07 Å². The van der Waals surface area contributed by atoms with Gasteiger partial charge in [-0.25, -0.2) is 13.4 Å². The van der Waals surface area contributed by atoms with Gasteiger partial charge in [0.1, 0.15) is 37.3 Å². The molecule has 1 saturated heterocycles. The molecule has 3 rings (SSSR count). The van der Waals surface area contributed by atoms with Crippen molar-refractivity contribution in [2.75, 3.05) is 44.7 Å². The summed E-state index contributed by atoms with van der Waals surface area (Å²) in [5, 5.41) is 3.38. The molecule has 1 aromatic carbocycles. The van der Waals surface area contributed by atoms with Crippen LogP contribution in [0, 0.1) is 0 Å². The number of sulfonamides is 1. The predicted molar refractivity (Wildman–Crippen MR) is 112 cm³/mol. The number of aromatic nitrogens is 1. The number of hydrogen-bond donors (Lipinski definition) is 2. The van der Waals surface area contributed by atoms with Gasteiger partial charge in [0.25, 0.3) is 5.82 Å². The van der Waals surface area contributed by atoms with Gasteiger partial charge in [0, 0.05) is 30.3 Å². The SMILES string of the molecule is CCN(CC)S(=O)(=O)c1ccc(NCc2ccccc2C[NH+]2CCOCC2)[nH+]c1. The minimum Gasteiger partial charge on any atom is -0.370 e. The summed E-state index contributed by atoms with van der Waals surface area (Å²) in [6, 6.07) is 11.9. The molecule has 1 fully saturated rings. The van der Waals surface area contributed by atoms with Gasteiger partial charge in [0.2, 0.25) is 10.0 Å². The fraction of sp³-hybridized carbons (Fsp3) is 0.476. The Balaban J connectivity index is 1.65. The van der Waals surface area contributed by atoms with Crippen LogP contribution in [0.1, 0.15) is 25.0 Å². The molecule has 0 spiro atoms. The monoisotopic (exact) mass is 420 g/mol. The van der Waals surface area contributed by atoms with Crippen LogP contribution < -0.4 is 15.2 Å². The van der Waals surface area contributed by atoms with E-state index in [-0.39, 0.29) is 4.90 Å². The van der Waals surface area contributed by atoms with E-state index in [2.05, 4.69) is 34.6 Å². The quantitative estimate of drug-likeness (QED) is 0.622. The average molecular weight is 421 g/mol. The van der Waals surface area contributed by atoms with Crippen LogP contribution >= 0.6 is 0 Å². The van der Waals surface area contributed by atoms with E-state index in [0.717, 1.165) is 38.7 Å². The number of hydrogen-bond acceptors (Lipinski definition) is 4. The van der Waals surface area contributed by atoms with Gasteiger partial charge >= 0.3 is 0 Å². The number of anilines is 1. The Morgan fingerprint density at radius 1 is 1.07 bits per heavy atom. The first-order valence-corrected chi connectivity index (χ1v) is 11.7. The smallest absolute Gasteiger partial charge is 0.272 e. The van der Waals surface area contributed by atoms with Crippen LogP contribution in [0.25, 0.3) is 0 Å². The summed E-state index contributed by atoms with van der Waals surface area (Å²) in [6.45, 7) is 10.0. The molecule has 0 amide bonds. The Kier molecular flexibility index (Phi) is 7.60. The maximum absolute atomic E-state index is 12.6. The van der Waals surface area contributed by atoms with E-state index in [4.69, 9.17) is 4.74 Å². The Morgan fingerprint density at radius 2 is 1.76 bits per heavy atom. The minimum absolute atomic E-state index is 0.281. The van der Waals surface area contributed by atoms with Gasteiger partial charge in [-0.15, -0.1) is 0 Å². The van der Waals surface area contributed by atoms with E-state index in [9.17, 15) is 8.42 Å². The highest BCUT2D eigenvalue weighted by Gasteiger charge is 2.23. The second kappa shape index (κ2) is 10.2. The second-order valence-corrected chi connectivity index (χ2v) is 9.13. The van der Waals surface area contributed by atoms with Crippen LogP contribution in [0.2, 0.25) is 0 Å². The van der Waals surface area contributed by atoms with Crippen molar-refractivity contribution in [3.63, 3.8) is 0 Å². The summed E-state index contributed by atoms with van der Waals surface area (Å²) in [7, 11) is -3.45. The Labute approximate surface area is 173 Å². The summed E-state index contributed by atoms with van der Waals surface area (Å²) in [5.74, 6) is 0.789. The number of nitrogens with zero attached hydrogens (tertiary/aromatic N) is 1. The number of morpholine rings is 1. The number of rotatable bonds is 9. The first kappa shape index (κ1) is 21.7. The molecular weight excluding hydrogens is 388 g/mol. The number of nitrogens with one attached hydrogen (secondary N) is 3. The molecule has 1 aromatic heterocycles. The molecule has 0 radical (unpaired) electrons. The topological polar surface area (TPSA) is 77.2 Å². The Hall–Kier alpha value is -2.00. The molecule has 8 heteroatoms. The third-order valence-corrected chi connectivity index (χ3v) is 7.40. The summed E-state index contributed by atoms with van der Waals surface area (Å²) >= 11 is 0. The predicted octanol–water partition coefficient (Wildman–Crippen LogP) is 0.558. The molecule has 0 atom stereocenters. The standard InChI is InChI=1S/C21H30N4O3S/c1-3-25(4-2)29(26,27)20-9-10-21(23-16-20)22-15-18-7-5-6-8-19(18)17-24-11-13-28-14-12-24/h5-10,16H,3-4,11-15,17H2,1-2H3,(H,22,23)/p+2. The first-order valence-electron chi connectivity index (χ1n) is 10.3. The number of ether oxygens (including phenoxy) is 1. The van der Waals surface area contributed by atoms with Crippen LogP contribution in [0.4, 0.5) is 5.82 Å². The zero-order valence-electron chi connectivity index (χ0n) is 17.3. The van der Waals surface area contributed by atoms with Crippen molar-refractivity contribution in [3.05, 3.63) is 53.7 Å². The lowest BCUT2D eigenvalue weighted by molar-refractivity contribution is -0.921. The highest BCUT2D eigenvalue weighted by Crippen LogP contribution is 2.15. The molecule has 158 valence electrons. The number of benzene rings is 1. The molecule has 2 aromatic rings. The first-order chi connectivity index (χ1) is 14.0. The fourth-order valence-electron chi connectivity index (χ4n) is 3.59. The molecule has 7 nitrogen and oxygen atoms in total. The van der Waals surface area contributed by atoms with Crippen molar-refractivity contribution in [2.45, 2.75) is 31.8 Å². The molecule has 2 heterocycles. The molecule has 0 bridgehead atoms. The van der Waals surface area contributed by atoms with E-state index in [1.54, 1.807) is 23.2 Å². The lowest BCUT2D eigenvalue weighted by Gasteiger charge is -2.24. The molecular formula is C21H32N4O3S+2. The summed E-state index contributed by atoms with van der Waals surface area (Å²) in [5.41, 5.74) is 2.58. The normalized spacial score (nSPS) is 15.6. The zero-order valence-corrected chi connectivity index (χ0v) is 18.1. The molecule has 29 heavy (non-hydrogen) atoms. The van der Waals surface area contributed by atoms with E-state index >= 15 is 0 Å². The summed E-state index contributed by atoms with van der Waals surface area (Å²) in [6.07, 6.45) is 1.56. The largest absolute Gasteiger partial charge is 0.370 e. The van der Waals surface area contributed by atoms with E-state index < -0.39 is 10.0 Å². The molecule has 0 aliphatic carbocycles. The molecule has 0 unspecified atom stereocenters. The maximum Gasteiger partial charge on any atom is 0.272 e. The van der Waals surface area contributed by atoms with Crippen molar-refractivity contribution in [2.24, 2.45) is 0 Å². The van der Waals surface area contributed by atoms with Gasteiger partial charge < -0.3 is 9.64 Å². The fourth-order valence-corrected chi connectivity index (χ4v) is 5.02. The third kappa shape index (κ3) is 5.54. The molecule has 1 aliphatic rings. The van der Waals surface area contributed by atoms with Gasteiger partial charge in [0.05, 0.1) is 13.2 Å². The van der Waals surface area contributed by atoms with E-state index in [0.29, 0.717) is 19.6 Å². The average Bonchev–Trinajstić information content (AvgIpc) is 2.75. The highest BCUT2D eigenvalue weighted by atomic mass is 32.2. The van der Waals surface area contributed by atoms with Gasteiger partial charge in [-0.1, -0.05) is 38.1 Å². The van der Waals surface area contributed by atoms with Crippen LogP contribution in [0.15, 0.2) is 47.5 Å². The zero-order chi connectivity index (χ0) is 20.7. The maximum atomic E-state index is 12.6. The number of pyridine rings is 1. The van der Waals surface area contributed by atoms with E-state index in [1.165, 1.54) is 15.4 Å². The van der Waals surface area contributed by atoms with Crippen LogP contribution in [-0.4, -0.2) is 52.1 Å². The lowest BCUT2D eigenvalue weighted by Crippen LogP contribution is -3.12. The van der Waals surface area contributed by atoms with E-state index in [1.807, 2.05) is 13.8 Å². The molecule has 1 aliphatic heterocycles. The lowest BCUT2D eigenvalue weighted by atomic mass is 10.1. The van der Waals surface area contributed by atoms with Crippen LogP contribution in [0.3, 0.4) is 0 Å². The van der Waals surface area contributed by atoms with Crippen molar-refractivity contribution < 1.29 is 23.0 Å². The third-order valence-electron chi connectivity index (χ3n) is 5.36. The summed E-state index contributed by atoms with van der Waals surface area (Å²) < 4.78 is 32.1. The van der Waals surface area contributed by atoms with Gasteiger partial charge in [-0.2, -0.15) is 4.31 Å². The second-order valence-electron chi connectivity index (χ2n) is 7.19. The van der Waals surface area contributed by atoms with Crippen LogP contribution in [0.5, 0.6) is 0 Å². The van der Waals surface area contributed by atoms with Gasteiger partial charge in [-0.3, -0.25) is 5.32 Å². The number of H-pyrrole nitrogens is 1. The van der Waals surface area contributed by atoms with Crippen molar-refractivity contribution in [1.82, 2.24) is 4.31 Å². The van der Waals surface area contributed by atoms with Crippen molar-refractivity contribution >= 4 is 15.8 Å². The minimum atomic E-state index is -3.45. The molecule has 0 saturated carbocycles. The number of quaternary nitrogens is 1. The Morgan fingerprint density at radius 3 is 2.38 bits per heavy atom. The Bertz CT molecular complexity index is 877. The van der Waals surface area contributed by atoms with Gasteiger partial charge in [0.15, 0.2) is 0 Å². The van der Waals surface area contributed by atoms with Crippen LogP contribution in [-0.2, 0) is 27.8 Å². The number of aromatic amines is 1. The summed E-state index contributed by atoms with van der Waals surface area (Å²) in [4.78, 5) is 4.90. The van der Waals surface area contributed by atoms with Crippen molar-refractivity contribution in [3.8, 4) is 0 Å². The highest BCUT2D eigenvalue weighted by molar-refractivity contribution is 7.89.